The van der Waals surface area contributed by atoms with Crippen LogP contribution in [0.3, 0.4) is 0 Å². The quantitative estimate of drug-likeness (QED) is 0.719. The predicted octanol–water partition coefficient (Wildman–Crippen LogP) is 2.23. The van der Waals surface area contributed by atoms with Crippen molar-refractivity contribution < 1.29 is 14.7 Å². The summed E-state index contributed by atoms with van der Waals surface area (Å²) in [5, 5.41) is 12.0. The van der Waals surface area contributed by atoms with Gasteiger partial charge in [0.25, 0.3) is 0 Å². The monoisotopic (exact) mass is 239 g/mol. The van der Waals surface area contributed by atoms with Crippen molar-refractivity contribution in [2.45, 2.75) is 0 Å². The largest absolute Gasteiger partial charge is 0.478 e. The van der Waals surface area contributed by atoms with Gasteiger partial charge < -0.3 is 10.8 Å². The topological polar surface area (TPSA) is 80.4 Å². The van der Waals surface area contributed by atoms with Crippen LogP contribution in [0.5, 0.6) is 0 Å². The Morgan fingerprint density at radius 3 is 1.72 bits per heavy atom. The molecule has 4 heteroatoms. The van der Waals surface area contributed by atoms with Gasteiger partial charge in [0, 0.05) is 16.3 Å². The molecule has 0 spiro atoms. The number of primary amides is 1. The summed E-state index contributed by atoms with van der Waals surface area (Å²) in [4.78, 5) is 22.7. The van der Waals surface area contributed by atoms with Crippen molar-refractivity contribution in [1.29, 1.82) is 0 Å². The molecule has 88 valence electrons. The molecule has 1 amide bonds. The van der Waals surface area contributed by atoms with E-state index >= 15 is 0 Å². The lowest BCUT2D eigenvalue weighted by atomic mass is 9.91. The highest BCUT2D eigenvalue weighted by Gasteiger charge is 2.17. The van der Waals surface area contributed by atoms with E-state index in [0.29, 0.717) is 16.3 Å². The number of hydrogen-bond donors (Lipinski definition) is 2. The fraction of sp³-hybridized carbons (Fsp3) is 0. The lowest BCUT2D eigenvalue weighted by Crippen LogP contribution is -2.13. The minimum absolute atomic E-state index is 0.191. The van der Waals surface area contributed by atoms with Crippen molar-refractivity contribution >= 4 is 33.4 Å². The van der Waals surface area contributed by atoms with E-state index in [1.165, 1.54) is 12.1 Å². The molecule has 0 heterocycles. The number of hydrogen-bond acceptors (Lipinski definition) is 2. The van der Waals surface area contributed by atoms with Gasteiger partial charge in [-0.1, -0.05) is 24.3 Å². The molecule has 0 aliphatic carbocycles. The lowest BCUT2D eigenvalue weighted by molar-refractivity contribution is 0.0698. The highest BCUT2D eigenvalue weighted by Crippen LogP contribution is 2.33. The second-order valence-electron chi connectivity index (χ2n) is 4.16. The Balaban J connectivity index is 2.60. The second-order valence-corrected chi connectivity index (χ2v) is 4.16. The predicted molar refractivity (Wildman–Crippen MR) is 68.1 cm³/mol. The number of carboxylic acids is 1. The zero-order valence-corrected chi connectivity index (χ0v) is 9.31. The average molecular weight is 239 g/mol. The van der Waals surface area contributed by atoms with Gasteiger partial charge in [0.15, 0.2) is 0 Å². The SMILES string of the molecule is NC(=O)c1ccc(C(=O)O)c2c3ccc(cc3)c12. The van der Waals surface area contributed by atoms with Crippen LogP contribution in [0.25, 0.3) is 21.5 Å². The van der Waals surface area contributed by atoms with Crippen LogP contribution in [-0.2, 0) is 0 Å². The van der Waals surface area contributed by atoms with Gasteiger partial charge in [-0.15, -0.1) is 0 Å². The third-order valence-corrected chi connectivity index (χ3v) is 3.16. The van der Waals surface area contributed by atoms with E-state index in [1.54, 1.807) is 0 Å². The summed E-state index contributed by atoms with van der Waals surface area (Å²) in [5.41, 5.74) is 5.89. The van der Waals surface area contributed by atoms with Gasteiger partial charge in [0.2, 0.25) is 5.91 Å². The van der Waals surface area contributed by atoms with E-state index in [9.17, 15) is 14.7 Å². The molecule has 0 radical (unpaired) electrons. The molecular weight excluding hydrogens is 230 g/mol. The number of carboxylic acid groups (broad SMARTS) is 1. The Labute approximate surface area is 102 Å². The summed E-state index contributed by atoms with van der Waals surface area (Å²) in [7, 11) is 0. The molecule has 4 aromatic carbocycles. The van der Waals surface area contributed by atoms with Crippen molar-refractivity contribution in [2.24, 2.45) is 5.73 Å². The van der Waals surface area contributed by atoms with Crippen molar-refractivity contribution in [3.63, 3.8) is 0 Å². The molecule has 0 aliphatic heterocycles. The van der Waals surface area contributed by atoms with Gasteiger partial charge in [-0.3, -0.25) is 4.79 Å². The molecule has 0 saturated heterocycles. The molecule has 0 aliphatic rings. The van der Waals surface area contributed by atoms with Crippen LogP contribution in [0.15, 0.2) is 36.4 Å². The number of fused-ring (bicyclic) bond motifs is 2. The standard InChI is InChI=1S/C14H9NO3/c15-13(16)9-5-6-10(14(17)18)12-8-3-1-7(2-4-8)11(9)12/h1-6H,(H2,15,16)(H,17,18). The lowest BCUT2D eigenvalue weighted by Gasteiger charge is -2.12. The van der Waals surface area contributed by atoms with Gasteiger partial charge in [-0.2, -0.15) is 0 Å². The molecule has 2 bridgehead atoms. The van der Waals surface area contributed by atoms with Crippen LogP contribution in [-0.4, -0.2) is 17.0 Å². The van der Waals surface area contributed by atoms with E-state index < -0.39 is 11.9 Å². The highest BCUT2D eigenvalue weighted by atomic mass is 16.4. The zero-order valence-electron chi connectivity index (χ0n) is 9.31. The molecule has 4 aromatic rings. The van der Waals surface area contributed by atoms with Crippen LogP contribution in [0.4, 0.5) is 0 Å². The maximum Gasteiger partial charge on any atom is 0.336 e. The molecule has 0 unspecified atom stereocenters. The van der Waals surface area contributed by atoms with Crippen molar-refractivity contribution in [1.82, 2.24) is 0 Å². The van der Waals surface area contributed by atoms with E-state index in [1.807, 2.05) is 24.3 Å². The van der Waals surface area contributed by atoms with Crippen molar-refractivity contribution in [2.75, 3.05) is 0 Å². The minimum Gasteiger partial charge on any atom is -0.478 e. The van der Waals surface area contributed by atoms with E-state index in [0.717, 1.165) is 10.8 Å². The fourth-order valence-electron chi connectivity index (χ4n) is 2.39. The molecule has 0 atom stereocenters. The Morgan fingerprint density at radius 2 is 1.28 bits per heavy atom. The molecule has 18 heavy (non-hydrogen) atoms. The first kappa shape index (κ1) is 10.5. The number of rotatable bonds is 2. The number of benzene rings is 4. The molecular formula is C14H9NO3. The number of amides is 1. The van der Waals surface area contributed by atoms with Crippen LogP contribution >= 0.6 is 0 Å². The summed E-state index contributed by atoms with van der Waals surface area (Å²) in [6.07, 6.45) is 0. The number of carbonyl (C=O) groups excluding carboxylic acids is 1. The van der Waals surface area contributed by atoms with Gasteiger partial charge in [-0.25, -0.2) is 4.79 Å². The Bertz CT molecular complexity index is 705. The van der Waals surface area contributed by atoms with Gasteiger partial charge in [-0.05, 0) is 22.9 Å². The molecule has 0 saturated carbocycles. The van der Waals surface area contributed by atoms with Gasteiger partial charge in [0.05, 0.1) is 5.56 Å². The van der Waals surface area contributed by atoms with Crippen LogP contribution in [0, 0.1) is 0 Å². The highest BCUT2D eigenvalue weighted by molar-refractivity contribution is 6.23. The molecule has 4 rings (SSSR count). The number of carbonyl (C=O) groups is 2. The summed E-state index contributed by atoms with van der Waals surface area (Å²) >= 11 is 0. The van der Waals surface area contributed by atoms with Crippen LogP contribution < -0.4 is 5.73 Å². The maximum atomic E-state index is 11.4. The number of nitrogens with two attached hydrogens (primary N) is 1. The van der Waals surface area contributed by atoms with Gasteiger partial charge in [0.1, 0.15) is 0 Å². The third-order valence-electron chi connectivity index (χ3n) is 3.16. The molecule has 0 aromatic heterocycles. The first-order chi connectivity index (χ1) is 8.59. The van der Waals surface area contributed by atoms with E-state index in [-0.39, 0.29) is 5.56 Å². The van der Waals surface area contributed by atoms with Crippen LogP contribution in [0.1, 0.15) is 20.7 Å². The average Bonchev–Trinajstić information content (AvgIpc) is 2.38. The first-order valence-electron chi connectivity index (χ1n) is 5.40. The summed E-state index contributed by atoms with van der Waals surface area (Å²) < 4.78 is 0. The third kappa shape index (κ3) is 1.26. The normalized spacial score (nSPS) is 11.1. The first-order valence-corrected chi connectivity index (χ1v) is 5.40. The minimum atomic E-state index is -1.01. The summed E-state index contributed by atoms with van der Waals surface area (Å²) in [6, 6.07) is 10.3. The van der Waals surface area contributed by atoms with Gasteiger partial charge >= 0.3 is 5.97 Å². The maximum absolute atomic E-state index is 11.4. The fourth-order valence-corrected chi connectivity index (χ4v) is 2.39. The Kier molecular flexibility index (Phi) is 2.01. The molecule has 4 nitrogen and oxygen atoms in total. The molecule has 3 N–H and O–H groups in total. The summed E-state index contributed by atoms with van der Waals surface area (Å²) in [5.74, 6) is -1.56. The zero-order chi connectivity index (χ0) is 12.9. The summed E-state index contributed by atoms with van der Waals surface area (Å²) in [6.45, 7) is 0. The Hall–Kier alpha value is -2.62. The van der Waals surface area contributed by atoms with Crippen molar-refractivity contribution in [3.05, 3.63) is 47.5 Å². The van der Waals surface area contributed by atoms with E-state index in [4.69, 9.17) is 5.73 Å². The van der Waals surface area contributed by atoms with Crippen molar-refractivity contribution in [3.8, 4) is 0 Å². The van der Waals surface area contributed by atoms with E-state index in [2.05, 4.69) is 0 Å². The van der Waals surface area contributed by atoms with Crippen LogP contribution in [0.2, 0.25) is 0 Å². The Morgan fingerprint density at radius 1 is 0.833 bits per heavy atom. The second kappa shape index (κ2) is 3.43. The molecule has 0 fully saturated rings. The smallest absolute Gasteiger partial charge is 0.336 e. The number of aromatic carboxylic acids is 1.